The SMILES string of the molecule is O=C1c2ccccc2C(=O)N1CC1CNCC(F)(F)C1. The molecule has 1 saturated heterocycles. The van der Waals surface area contributed by atoms with E-state index in [1.807, 2.05) is 0 Å². The van der Waals surface area contributed by atoms with Gasteiger partial charge in [-0.3, -0.25) is 14.5 Å². The number of carbonyl (C=O) groups excluding carboxylic acids is 2. The lowest BCUT2D eigenvalue weighted by atomic mass is 9.96. The zero-order valence-electron chi connectivity index (χ0n) is 10.7. The van der Waals surface area contributed by atoms with Gasteiger partial charge in [0.15, 0.2) is 0 Å². The van der Waals surface area contributed by atoms with Crippen molar-refractivity contribution in [1.29, 1.82) is 0 Å². The Bertz CT molecular complexity index is 539. The predicted octanol–water partition coefficient (Wildman–Crippen LogP) is 1.53. The minimum Gasteiger partial charge on any atom is -0.311 e. The summed E-state index contributed by atoms with van der Waals surface area (Å²) in [6, 6.07) is 6.54. The minimum absolute atomic E-state index is 0.0366. The van der Waals surface area contributed by atoms with Crippen LogP contribution in [0, 0.1) is 5.92 Å². The summed E-state index contributed by atoms with van der Waals surface area (Å²) in [6.45, 7) is 0.0869. The summed E-state index contributed by atoms with van der Waals surface area (Å²) in [5.74, 6) is -3.97. The second-order valence-electron chi connectivity index (χ2n) is 5.32. The van der Waals surface area contributed by atoms with E-state index in [1.54, 1.807) is 24.3 Å². The number of nitrogens with one attached hydrogen (secondary N) is 1. The van der Waals surface area contributed by atoms with Crippen LogP contribution in [0.4, 0.5) is 8.78 Å². The highest BCUT2D eigenvalue weighted by Crippen LogP contribution is 2.29. The number of hydrogen-bond acceptors (Lipinski definition) is 3. The van der Waals surface area contributed by atoms with Gasteiger partial charge in [0.25, 0.3) is 17.7 Å². The summed E-state index contributed by atoms with van der Waals surface area (Å²) >= 11 is 0. The maximum Gasteiger partial charge on any atom is 0.261 e. The van der Waals surface area contributed by atoms with E-state index in [4.69, 9.17) is 0 Å². The molecule has 4 nitrogen and oxygen atoms in total. The first-order valence-corrected chi connectivity index (χ1v) is 6.52. The third-order valence-corrected chi connectivity index (χ3v) is 3.72. The third-order valence-electron chi connectivity index (χ3n) is 3.72. The molecular formula is C14H14F2N2O2. The van der Waals surface area contributed by atoms with Crippen LogP contribution in [0.1, 0.15) is 27.1 Å². The molecule has 0 saturated carbocycles. The van der Waals surface area contributed by atoms with Gasteiger partial charge in [-0.2, -0.15) is 0 Å². The Morgan fingerprint density at radius 1 is 1.20 bits per heavy atom. The Morgan fingerprint density at radius 3 is 2.35 bits per heavy atom. The first kappa shape index (κ1) is 13.2. The molecule has 1 aromatic carbocycles. The van der Waals surface area contributed by atoms with E-state index >= 15 is 0 Å². The van der Waals surface area contributed by atoms with Gasteiger partial charge in [0, 0.05) is 19.5 Å². The standard InChI is InChI=1S/C14H14F2N2O2/c15-14(16)5-9(6-17-8-14)7-18-12(19)10-3-1-2-4-11(10)13(18)20/h1-4,9,17H,5-8H2. The topological polar surface area (TPSA) is 49.4 Å². The number of halogens is 2. The van der Waals surface area contributed by atoms with Gasteiger partial charge in [-0.15, -0.1) is 0 Å². The highest BCUT2D eigenvalue weighted by Gasteiger charge is 2.41. The maximum atomic E-state index is 13.3. The van der Waals surface area contributed by atoms with Crippen LogP contribution in [0.25, 0.3) is 0 Å². The van der Waals surface area contributed by atoms with Crippen molar-refractivity contribution < 1.29 is 18.4 Å². The molecule has 2 heterocycles. The van der Waals surface area contributed by atoms with Gasteiger partial charge in [0.2, 0.25) is 0 Å². The molecule has 1 fully saturated rings. The van der Waals surface area contributed by atoms with E-state index < -0.39 is 11.8 Å². The molecule has 106 valence electrons. The fourth-order valence-corrected chi connectivity index (χ4v) is 2.82. The smallest absolute Gasteiger partial charge is 0.261 e. The van der Waals surface area contributed by atoms with Gasteiger partial charge in [-0.05, 0) is 18.1 Å². The average Bonchev–Trinajstić information content (AvgIpc) is 2.64. The fraction of sp³-hybridized carbons (Fsp3) is 0.429. The lowest BCUT2D eigenvalue weighted by Crippen LogP contribution is -2.48. The summed E-state index contributed by atoms with van der Waals surface area (Å²) in [5, 5.41) is 2.65. The molecular weight excluding hydrogens is 266 g/mol. The Kier molecular flexibility index (Phi) is 3.05. The Labute approximate surface area is 114 Å². The number of amides is 2. The molecule has 0 aromatic heterocycles. The van der Waals surface area contributed by atoms with Crippen LogP contribution >= 0.6 is 0 Å². The highest BCUT2D eigenvalue weighted by atomic mass is 19.3. The van der Waals surface area contributed by atoms with Crippen LogP contribution in [-0.4, -0.2) is 42.3 Å². The second kappa shape index (κ2) is 4.63. The van der Waals surface area contributed by atoms with E-state index in [0.29, 0.717) is 17.7 Å². The molecule has 1 N–H and O–H groups in total. The average molecular weight is 280 g/mol. The van der Waals surface area contributed by atoms with Gasteiger partial charge in [0.1, 0.15) is 0 Å². The van der Waals surface area contributed by atoms with Crippen molar-refractivity contribution in [2.45, 2.75) is 12.3 Å². The molecule has 6 heteroatoms. The van der Waals surface area contributed by atoms with Crippen LogP contribution in [-0.2, 0) is 0 Å². The lowest BCUT2D eigenvalue weighted by molar-refractivity contribution is -0.0421. The molecule has 0 aliphatic carbocycles. The molecule has 20 heavy (non-hydrogen) atoms. The van der Waals surface area contributed by atoms with E-state index in [2.05, 4.69) is 5.32 Å². The highest BCUT2D eigenvalue weighted by molar-refractivity contribution is 6.21. The van der Waals surface area contributed by atoms with E-state index in [9.17, 15) is 18.4 Å². The fourth-order valence-electron chi connectivity index (χ4n) is 2.82. The number of carbonyl (C=O) groups is 2. The Balaban J connectivity index is 1.77. The molecule has 2 aliphatic rings. The van der Waals surface area contributed by atoms with Crippen molar-refractivity contribution in [1.82, 2.24) is 10.2 Å². The molecule has 0 radical (unpaired) electrons. The van der Waals surface area contributed by atoms with Crippen molar-refractivity contribution in [2.75, 3.05) is 19.6 Å². The number of nitrogens with zero attached hydrogens (tertiary/aromatic N) is 1. The van der Waals surface area contributed by atoms with Crippen molar-refractivity contribution in [2.24, 2.45) is 5.92 Å². The molecule has 0 spiro atoms. The van der Waals surface area contributed by atoms with Crippen LogP contribution in [0.2, 0.25) is 0 Å². The third kappa shape index (κ3) is 2.20. The summed E-state index contributed by atoms with van der Waals surface area (Å²) in [6.07, 6.45) is -0.298. The zero-order valence-corrected chi connectivity index (χ0v) is 10.7. The lowest BCUT2D eigenvalue weighted by Gasteiger charge is -2.31. The number of rotatable bonds is 2. The number of benzene rings is 1. The molecule has 0 bridgehead atoms. The first-order valence-electron chi connectivity index (χ1n) is 6.52. The Hall–Kier alpha value is -1.82. The van der Waals surface area contributed by atoms with Gasteiger partial charge in [-0.1, -0.05) is 12.1 Å². The van der Waals surface area contributed by atoms with Crippen molar-refractivity contribution >= 4 is 11.8 Å². The molecule has 2 aliphatic heterocycles. The number of piperidine rings is 1. The normalized spacial score (nSPS) is 24.9. The Morgan fingerprint density at radius 2 is 1.80 bits per heavy atom. The van der Waals surface area contributed by atoms with Gasteiger partial charge in [0.05, 0.1) is 17.7 Å². The van der Waals surface area contributed by atoms with Crippen molar-refractivity contribution in [3.05, 3.63) is 35.4 Å². The summed E-state index contributed by atoms with van der Waals surface area (Å²) < 4.78 is 26.7. The van der Waals surface area contributed by atoms with Gasteiger partial charge < -0.3 is 5.32 Å². The number of imide groups is 1. The minimum atomic E-state index is -2.78. The predicted molar refractivity (Wildman–Crippen MR) is 67.7 cm³/mol. The zero-order chi connectivity index (χ0) is 14.3. The van der Waals surface area contributed by atoms with Gasteiger partial charge in [-0.25, -0.2) is 8.78 Å². The van der Waals surface area contributed by atoms with Crippen molar-refractivity contribution in [3.63, 3.8) is 0 Å². The van der Waals surface area contributed by atoms with E-state index in [0.717, 1.165) is 4.90 Å². The molecule has 2 amide bonds. The van der Waals surface area contributed by atoms with Crippen LogP contribution in [0.3, 0.4) is 0 Å². The molecule has 3 rings (SSSR count). The molecule has 1 aromatic rings. The quantitative estimate of drug-likeness (QED) is 0.836. The largest absolute Gasteiger partial charge is 0.311 e. The van der Waals surface area contributed by atoms with Crippen LogP contribution in [0.15, 0.2) is 24.3 Å². The molecule has 1 unspecified atom stereocenters. The van der Waals surface area contributed by atoms with E-state index in [1.165, 1.54) is 0 Å². The summed E-state index contributed by atoms with van der Waals surface area (Å²) in [7, 11) is 0. The number of alkyl halides is 2. The number of fused-ring (bicyclic) bond motifs is 1. The molecule has 1 atom stereocenters. The van der Waals surface area contributed by atoms with Crippen LogP contribution in [0.5, 0.6) is 0 Å². The maximum absolute atomic E-state index is 13.3. The number of hydrogen-bond donors (Lipinski definition) is 1. The summed E-state index contributed by atoms with van der Waals surface area (Å²) in [4.78, 5) is 25.4. The van der Waals surface area contributed by atoms with Crippen LogP contribution < -0.4 is 5.32 Å². The first-order chi connectivity index (χ1) is 9.48. The second-order valence-corrected chi connectivity index (χ2v) is 5.32. The summed E-state index contributed by atoms with van der Waals surface area (Å²) in [5.41, 5.74) is 0.709. The van der Waals surface area contributed by atoms with Crippen molar-refractivity contribution in [3.8, 4) is 0 Å². The van der Waals surface area contributed by atoms with E-state index in [-0.39, 0.29) is 31.3 Å². The van der Waals surface area contributed by atoms with Gasteiger partial charge >= 0.3 is 0 Å². The monoisotopic (exact) mass is 280 g/mol.